The van der Waals surface area contributed by atoms with E-state index < -0.39 is 5.54 Å². The van der Waals surface area contributed by atoms with Crippen LogP contribution in [0.5, 0.6) is 0 Å². The number of nitrogens with zero attached hydrogens (tertiary/aromatic N) is 1. The molecule has 0 fully saturated rings. The topological polar surface area (TPSA) is 67.2 Å². The minimum atomic E-state index is -0.600. The van der Waals surface area contributed by atoms with Crippen LogP contribution in [0.25, 0.3) is 0 Å². The van der Waals surface area contributed by atoms with Gasteiger partial charge < -0.3 is 15.2 Å². The third-order valence-corrected chi connectivity index (χ3v) is 1.88. The highest BCUT2D eigenvalue weighted by molar-refractivity contribution is 5.97. The molecular weight excluding hydrogens is 170 g/mol. The van der Waals surface area contributed by atoms with Gasteiger partial charge in [0.05, 0.1) is 11.7 Å². The van der Waals surface area contributed by atoms with Crippen LogP contribution in [0.3, 0.4) is 0 Å². The molecule has 0 aliphatic rings. The number of carbonyl (C=O) groups excluding carboxylic acids is 1. The molecular formula is C8H13N3O2. The van der Waals surface area contributed by atoms with E-state index in [1.165, 1.54) is 12.5 Å². The Morgan fingerprint density at radius 2 is 2.31 bits per heavy atom. The Hall–Kier alpha value is -1.36. The van der Waals surface area contributed by atoms with Gasteiger partial charge in [0.25, 0.3) is 0 Å². The van der Waals surface area contributed by atoms with E-state index in [9.17, 15) is 4.79 Å². The fourth-order valence-electron chi connectivity index (χ4n) is 0.667. The van der Waals surface area contributed by atoms with E-state index in [-0.39, 0.29) is 5.91 Å². The molecule has 5 heteroatoms. The summed E-state index contributed by atoms with van der Waals surface area (Å²) in [5.41, 5.74) is -0.0367. The normalized spacial score (nSPS) is 11.3. The molecule has 1 heterocycles. The molecule has 13 heavy (non-hydrogen) atoms. The van der Waals surface area contributed by atoms with Crippen LogP contribution in [0.4, 0.5) is 5.69 Å². The Labute approximate surface area is 76.5 Å². The van der Waals surface area contributed by atoms with Crippen molar-refractivity contribution in [1.29, 1.82) is 0 Å². The molecule has 5 nitrogen and oxygen atoms in total. The van der Waals surface area contributed by atoms with Crippen molar-refractivity contribution in [3.63, 3.8) is 0 Å². The number of anilines is 1. The van der Waals surface area contributed by atoms with E-state index in [1.54, 1.807) is 20.9 Å². The Morgan fingerprint density at radius 3 is 2.77 bits per heavy atom. The van der Waals surface area contributed by atoms with Gasteiger partial charge in [0.15, 0.2) is 0 Å². The van der Waals surface area contributed by atoms with Gasteiger partial charge in [0.1, 0.15) is 12.0 Å². The maximum atomic E-state index is 11.5. The lowest BCUT2D eigenvalue weighted by molar-refractivity contribution is -0.121. The number of likely N-dealkylation sites (N-methyl/N-ethyl adjacent to an activating group) is 1. The van der Waals surface area contributed by atoms with Gasteiger partial charge in [-0.25, -0.2) is 0 Å². The van der Waals surface area contributed by atoms with Crippen LogP contribution < -0.4 is 10.6 Å². The molecule has 1 amide bonds. The van der Waals surface area contributed by atoms with Gasteiger partial charge in [0.2, 0.25) is 5.91 Å². The van der Waals surface area contributed by atoms with E-state index in [4.69, 9.17) is 0 Å². The Balaban J connectivity index is 2.61. The minimum absolute atomic E-state index is 0.127. The van der Waals surface area contributed by atoms with E-state index >= 15 is 0 Å². The van der Waals surface area contributed by atoms with Crippen molar-refractivity contribution in [1.82, 2.24) is 10.5 Å². The largest absolute Gasteiger partial charge is 0.363 e. The second kappa shape index (κ2) is 3.57. The van der Waals surface area contributed by atoms with Gasteiger partial charge in [-0.05, 0) is 20.9 Å². The molecule has 0 radical (unpaired) electrons. The Kier molecular flexibility index (Phi) is 2.67. The van der Waals surface area contributed by atoms with Gasteiger partial charge >= 0.3 is 0 Å². The first-order chi connectivity index (χ1) is 6.06. The quantitative estimate of drug-likeness (QED) is 0.720. The highest BCUT2D eigenvalue weighted by atomic mass is 16.5. The summed E-state index contributed by atoms with van der Waals surface area (Å²) in [7, 11) is 1.73. The van der Waals surface area contributed by atoms with Crippen molar-refractivity contribution in [3.05, 3.63) is 12.5 Å². The van der Waals surface area contributed by atoms with E-state index in [0.717, 1.165) is 0 Å². The number of carbonyl (C=O) groups is 1. The summed E-state index contributed by atoms with van der Waals surface area (Å²) in [5, 5.41) is 9.02. The second-order valence-corrected chi connectivity index (χ2v) is 3.24. The molecule has 0 spiro atoms. The highest BCUT2D eigenvalue weighted by Gasteiger charge is 2.25. The van der Waals surface area contributed by atoms with Gasteiger partial charge in [0, 0.05) is 0 Å². The van der Waals surface area contributed by atoms with Crippen LogP contribution in [0.15, 0.2) is 17.0 Å². The summed E-state index contributed by atoms with van der Waals surface area (Å²) in [4.78, 5) is 11.5. The standard InChI is InChI=1S/C8H13N3O2/c1-8(2,9-3)7(12)11-6-4-10-13-5-6/h4-5,9H,1-3H3,(H,11,12). The molecule has 1 aromatic rings. The van der Waals surface area contributed by atoms with Crippen molar-refractivity contribution in [2.75, 3.05) is 12.4 Å². The molecule has 1 aromatic heterocycles. The molecule has 72 valence electrons. The average molecular weight is 183 g/mol. The first-order valence-electron chi connectivity index (χ1n) is 3.96. The van der Waals surface area contributed by atoms with Crippen molar-refractivity contribution in [2.45, 2.75) is 19.4 Å². The number of rotatable bonds is 3. The number of hydrogen-bond donors (Lipinski definition) is 2. The fraction of sp³-hybridized carbons (Fsp3) is 0.500. The first kappa shape index (κ1) is 9.73. The smallest absolute Gasteiger partial charge is 0.244 e. The lowest BCUT2D eigenvalue weighted by atomic mass is 10.1. The fourth-order valence-corrected chi connectivity index (χ4v) is 0.667. The SMILES string of the molecule is CNC(C)(C)C(=O)Nc1cnoc1. The molecule has 0 saturated carbocycles. The first-order valence-corrected chi connectivity index (χ1v) is 3.96. The number of aromatic nitrogens is 1. The molecule has 0 atom stereocenters. The number of amides is 1. The van der Waals surface area contributed by atoms with Crippen molar-refractivity contribution < 1.29 is 9.32 Å². The molecule has 0 aliphatic heterocycles. The summed E-state index contributed by atoms with van der Waals surface area (Å²) in [6.07, 6.45) is 2.83. The summed E-state index contributed by atoms with van der Waals surface area (Å²) < 4.78 is 4.58. The summed E-state index contributed by atoms with van der Waals surface area (Å²) in [5.74, 6) is -0.127. The summed E-state index contributed by atoms with van der Waals surface area (Å²) in [6.45, 7) is 3.58. The highest BCUT2D eigenvalue weighted by Crippen LogP contribution is 2.08. The van der Waals surface area contributed by atoms with Crippen LogP contribution in [0.2, 0.25) is 0 Å². The third kappa shape index (κ3) is 2.29. The lowest BCUT2D eigenvalue weighted by Gasteiger charge is -2.21. The maximum absolute atomic E-state index is 11.5. The zero-order chi connectivity index (χ0) is 9.90. The molecule has 0 aliphatic carbocycles. The zero-order valence-electron chi connectivity index (χ0n) is 7.92. The van der Waals surface area contributed by atoms with Crippen LogP contribution in [-0.4, -0.2) is 23.7 Å². The number of hydrogen-bond acceptors (Lipinski definition) is 4. The Bertz CT molecular complexity index is 280. The van der Waals surface area contributed by atoms with Crippen molar-refractivity contribution in [2.24, 2.45) is 0 Å². The third-order valence-electron chi connectivity index (χ3n) is 1.88. The van der Waals surface area contributed by atoms with Gasteiger partial charge in [-0.3, -0.25) is 4.79 Å². The van der Waals surface area contributed by atoms with Gasteiger partial charge in [-0.1, -0.05) is 5.16 Å². The number of nitrogens with one attached hydrogen (secondary N) is 2. The molecule has 1 rings (SSSR count). The van der Waals surface area contributed by atoms with Crippen LogP contribution >= 0.6 is 0 Å². The summed E-state index contributed by atoms with van der Waals surface area (Å²) in [6, 6.07) is 0. The molecule has 0 aromatic carbocycles. The van der Waals surface area contributed by atoms with Crippen molar-refractivity contribution >= 4 is 11.6 Å². The molecule has 0 bridgehead atoms. The minimum Gasteiger partial charge on any atom is -0.363 e. The van der Waals surface area contributed by atoms with Gasteiger partial charge in [-0.15, -0.1) is 0 Å². The molecule has 0 unspecified atom stereocenters. The van der Waals surface area contributed by atoms with Crippen LogP contribution in [0.1, 0.15) is 13.8 Å². The summed E-state index contributed by atoms with van der Waals surface area (Å²) >= 11 is 0. The van der Waals surface area contributed by atoms with E-state index in [2.05, 4.69) is 20.3 Å². The Morgan fingerprint density at radius 1 is 1.62 bits per heavy atom. The van der Waals surface area contributed by atoms with Gasteiger partial charge in [-0.2, -0.15) is 0 Å². The predicted octanol–water partition coefficient (Wildman–Crippen LogP) is 0.611. The monoisotopic (exact) mass is 183 g/mol. The molecule has 2 N–H and O–H groups in total. The predicted molar refractivity (Wildman–Crippen MR) is 48.3 cm³/mol. The zero-order valence-corrected chi connectivity index (χ0v) is 7.92. The van der Waals surface area contributed by atoms with E-state index in [1.807, 2.05) is 0 Å². The second-order valence-electron chi connectivity index (χ2n) is 3.24. The van der Waals surface area contributed by atoms with Crippen molar-refractivity contribution in [3.8, 4) is 0 Å². The van der Waals surface area contributed by atoms with Crippen LogP contribution in [-0.2, 0) is 4.79 Å². The maximum Gasteiger partial charge on any atom is 0.244 e. The average Bonchev–Trinajstić information content (AvgIpc) is 2.57. The van der Waals surface area contributed by atoms with E-state index in [0.29, 0.717) is 5.69 Å². The van der Waals surface area contributed by atoms with Crippen LogP contribution in [0, 0.1) is 0 Å². The lowest BCUT2D eigenvalue weighted by Crippen LogP contribution is -2.47. The molecule has 0 saturated heterocycles.